The van der Waals surface area contributed by atoms with E-state index >= 15 is 0 Å². The monoisotopic (exact) mass is 323 g/mol. The number of aromatic nitrogens is 1. The summed E-state index contributed by atoms with van der Waals surface area (Å²) in [5, 5.41) is 6.38. The first-order valence-electron chi connectivity index (χ1n) is 8.18. The molecular formula is C16H25N3O2S. The van der Waals surface area contributed by atoms with Crippen LogP contribution >= 0.6 is 11.3 Å². The molecule has 2 fully saturated rings. The van der Waals surface area contributed by atoms with Gasteiger partial charge in [0.1, 0.15) is 5.69 Å². The molecule has 0 unspecified atom stereocenters. The fourth-order valence-electron chi connectivity index (χ4n) is 3.39. The predicted octanol–water partition coefficient (Wildman–Crippen LogP) is 2.25. The molecule has 1 amide bonds. The van der Waals surface area contributed by atoms with Crippen LogP contribution in [0.15, 0.2) is 5.38 Å². The Morgan fingerprint density at radius 2 is 2.14 bits per heavy atom. The van der Waals surface area contributed by atoms with Gasteiger partial charge in [-0.2, -0.15) is 0 Å². The maximum atomic E-state index is 13.1. The van der Waals surface area contributed by atoms with E-state index in [1.165, 1.54) is 0 Å². The summed E-state index contributed by atoms with van der Waals surface area (Å²) in [6, 6.07) is 0. The highest BCUT2D eigenvalue weighted by Gasteiger charge is 2.42. The van der Waals surface area contributed by atoms with Crippen LogP contribution in [0.4, 0.5) is 0 Å². The standard InChI is InChI=1S/C16H25N3O2S/c1-12(2)14-18-13(11-22-14)15(20)19-8-7-17-6-3-16(19)4-9-21-10-5-16/h11-12,17H,3-10H2,1-2H3. The first kappa shape index (κ1) is 15.9. The van der Waals surface area contributed by atoms with Gasteiger partial charge in [-0.1, -0.05) is 13.8 Å². The van der Waals surface area contributed by atoms with Gasteiger partial charge in [0.05, 0.1) is 5.01 Å². The van der Waals surface area contributed by atoms with E-state index in [-0.39, 0.29) is 11.4 Å². The van der Waals surface area contributed by atoms with Crippen molar-refractivity contribution in [2.24, 2.45) is 0 Å². The molecule has 2 aliphatic rings. The van der Waals surface area contributed by atoms with Crippen LogP contribution in [0.3, 0.4) is 0 Å². The number of carbonyl (C=O) groups excluding carboxylic acids is 1. The van der Waals surface area contributed by atoms with Crippen molar-refractivity contribution < 1.29 is 9.53 Å². The molecule has 0 aliphatic carbocycles. The molecule has 3 heterocycles. The number of rotatable bonds is 2. The second kappa shape index (κ2) is 6.64. The zero-order valence-corrected chi connectivity index (χ0v) is 14.2. The fraction of sp³-hybridized carbons (Fsp3) is 0.750. The minimum Gasteiger partial charge on any atom is -0.381 e. The lowest BCUT2D eigenvalue weighted by Crippen LogP contribution is -2.55. The number of ether oxygens (including phenoxy) is 1. The minimum absolute atomic E-state index is 0.0551. The number of nitrogens with one attached hydrogen (secondary N) is 1. The van der Waals surface area contributed by atoms with E-state index in [9.17, 15) is 4.79 Å². The van der Waals surface area contributed by atoms with Crippen LogP contribution in [0, 0.1) is 0 Å². The van der Waals surface area contributed by atoms with E-state index < -0.39 is 0 Å². The smallest absolute Gasteiger partial charge is 0.273 e. The van der Waals surface area contributed by atoms with Gasteiger partial charge in [0.2, 0.25) is 0 Å². The molecule has 122 valence electrons. The van der Waals surface area contributed by atoms with Gasteiger partial charge in [0, 0.05) is 43.1 Å². The largest absolute Gasteiger partial charge is 0.381 e. The highest BCUT2D eigenvalue weighted by molar-refractivity contribution is 7.09. The Balaban J connectivity index is 1.86. The van der Waals surface area contributed by atoms with Gasteiger partial charge in [-0.15, -0.1) is 11.3 Å². The van der Waals surface area contributed by atoms with E-state index in [4.69, 9.17) is 4.74 Å². The van der Waals surface area contributed by atoms with Crippen molar-refractivity contribution >= 4 is 17.2 Å². The molecule has 22 heavy (non-hydrogen) atoms. The Labute approximate surface area is 136 Å². The molecule has 5 nitrogen and oxygen atoms in total. The summed E-state index contributed by atoms with van der Waals surface area (Å²) in [4.78, 5) is 19.7. The van der Waals surface area contributed by atoms with Crippen LogP contribution in [-0.2, 0) is 4.74 Å². The second-order valence-corrected chi connectivity index (χ2v) is 7.41. The number of hydrogen-bond donors (Lipinski definition) is 1. The number of nitrogens with zero attached hydrogens (tertiary/aromatic N) is 2. The Bertz CT molecular complexity index is 523. The predicted molar refractivity (Wildman–Crippen MR) is 87.5 cm³/mol. The first-order chi connectivity index (χ1) is 10.6. The molecule has 0 bridgehead atoms. The molecule has 1 spiro atoms. The van der Waals surface area contributed by atoms with Gasteiger partial charge in [-0.05, 0) is 25.8 Å². The summed E-state index contributed by atoms with van der Waals surface area (Å²) in [5.41, 5.74) is 0.557. The molecule has 0 aromatic carbocycles. The molecule has 0 saturated carbocycles. The highest BCUT2D eigenvalue weighted by atomic mass is 32.1. The fourth-order valence-corrected chi connectivity index (χ4v) is 4.20. The van der Waals surface area contributed by atoms with Crippen molar-refractivity contribution in [3.05, 3.63) is 16.1 Å². The van der Waals surface area contributed by atoms with Gasteiger partial charge in [0.15, 0.2) is 0 Å². The Morgan fingerprint density at radius 3 is 2.82 bits per heavy atom. The Kier molecular flexibility index (Phi) is 4.80. The highest BCUT2D eigenvalue weighted by Crippen LogP contribution is 2.33. The van der Waals surface area contributed by atoms with Crippen molar-refractivity contribution in [1.29, 1.82) is 0 Å². The summed E-state index contributed by atoms with van der Waals surface area (Å²) >= 11 is 1.59. The van der Waals surface area contributed by atoms with E-state index in [0.29, 0.717) is 11.6 Å². The van der Waals surface area contributed by atoms with Gasteiger partial charge in [0.25, 0.3) is 5.91 Å². The van der Waals surface area contributed by atoms with Gasteiger partial charge >= 0.3 is 0 Å². The maximum Gasteiger partial charge on any atom is 0.273 e. The molecule has 1 aromatic rings. The molecule has 0 radical (unpaired) electrons. The average Bonchev–Trinajstić information content (AvgIpc) is 2.93. The van der Waals surface area contributed by atoms with Gasteiger partial charge < -0.3 is 15.0 Å². The van der Waals surface area contributed by atoms with Crippen LogP contribution in [-0.4, -0.2) is 54.2 Å². The Morgan fingerprint density at radius 1 is 1.36 bits per heavy atom. The van der Waals surface area contributed by atoms with Crippen LogP contribution in [0.25, 0.3) is 0 Å². The zero-order valence-electron chi connectivity index (χ0n) is 13.4. The average molecular weight is 323 g/mol. The SMILES string of the molecule is CC(C)c1nc(C(=O)N2CCNCCC23CCOCC3)cs1. The summed E-state index contributed by atoms with van der Waals surface area (Å²) in [6.07, 6.45) is 2.87. The second-order valence-electron chi connectivity index (χ2n) is 6.52. The lowest BCUT2D eigenvalue weighted by Gasteiger charge is -2.45. The number of thiazole rings is 1. The molecule has 2 aliphatic heterocycles. The minimum atomic E-state index is -0.0551. The third-order valence-corrected chi connectivity index (χ3v) is 5.90. The zero-order chi connectivity index (χ0) is 15.6. The number of hydrogen-bond acceptors (Lipinski definition) is 5. The van der Waals surface area contributed by atoms with E-state index in [1.807, 2.05) is 5.38 Å². The van der Waals surface area contributed by atoms with Crippen molar-refractivity contribution in [3.8, 4) is 0 Å². The van der Waals surface area contributed by atoms with Crippen LogP contribution in [0.1, 0.15) is 54.5 Å². The van der Waals surface area contributed by atoms with E-state index in [1.54, 1.807) is 11.3 Å². The van der Waals surface area contributed by atoms with Crippen molar-refractivity contribution in [1.82, 2.24) is 15.2 Å². The summed E-state index contributed by atoms with van der Waals surface area (Å²) in [5.74, 6) is 0.461. The molecule has 1 N–H and O–H groups in total. The van der Waals surface area contributed by atoms with Crippen molar-refractivity contribution in [2.45, 2.75) is 44.6 Å². The third-order valence-electron chi connectivity index (χ3n) is 4.76. The number of carbonyl (C=O) groups is 1. The first-order valence-corrected chi connectivity index (χ1v) is 9.06. The third kappa shape index (κ3) is 3.05. The summed E-state index contributed by atoms with van der Waals surface area (Å²) in [7, 11) is 0. The van der Waals surface area contributed by atoms with E-state index in [0.717, 1.165) is 57.1 Å². The van der Waals surface area contributed by atoms with Crippen LogP contribution < -0.4 is 5.32 Å². The summed E-state index contributed by atoms with van der Waals surface area (Å²) < 4.78 is 5.54. The van der Waals surface area contributed by atoms with Gasteiger partial charge in [-0.25, -0.2) is 4.98 Å². The maximum absolute atomic E-state index is 13.1. The van der Waals surface area contributed by atoms with Gasteiger partial charge in [-0.3, -0.25) is 4.79 Å². The normalized spacial score (nSPS) is 22.0. The molecular weight excluding hydrogens is 298 g/mol. The molecule has 0 atom stereocenters. The lowest BCUT2D eigenvalue weighted by atomic mass is 9.84. The number of amides is 1. The molecule has 3 rings (SSSR count). The Hall–Kier alpha value is -0.980. The summed E-state index contributed by atoms with van der Waals surface area (Å²) in [6.45, 7) is 8.31. The molecule has 1 aromatic heterocycles. The molecule has 2 saturated heterocycles. The topological polar surface area (TPSA) is 54.5 Å². The van der Waals surface area contributed by atoms with Crippen molar-refractivity contribution in [3.63, 3.8) is 0 Å². The molecule has 6 heteroatoms. The van der Waals surface area contributed by atoms with Crippen molar-refractivity contribution in [2.75, 3.05) is 32.8 Å². The van der Waals surface area contributed by atoms with E-state index in [2.05, 4.69) is 29.0 Å². The van der Waals surface area contributed by atoms with Crippen LogP contribution in [0.5, 0.6) is 0 Å². The quantitative estimate of drug-likeness (QED) is 0.907. The lowest BCUT2D eigenvalue weighted by molar-refractivity contribution is -0.0185. The van der Waals surface area contributed by atoms with Crippen LogP contribution in [0.2, 0.25) is 0 Å².